The molecule has 1 aromatic carbocycles. The van der Waals surface area contributed by atoms with Gasteiger partial charge in [-0.2, -0.15) is 0 Å². The van der Waals surface area contributed by atoms with E-state index in [-0.39, 0.29) is 16.6 Å². The molecule has 0 spiro atoms. The molecule has 0 saturated heterocycles. The average Bonchev–Trinajstić information content (AvgIpc) is 2.96. The smallest absolute Gasteiger partial charge is 0.123 e. The molecule has 0 saturated carbocycles. The highest BCUT2D eigenvalue weighted by atomic mass is 32.2. The van der Waals surface area contributed by atoms with E-state index in [1.165, 1.54) is 5.56 Å². The maximum atomic E-state index is 12.5. The summed E-state index contributed by atoms with van der Waals surface area (Å²) in [5, 5.41) is 9.43. The zero-order chi connectivity index (χ0) is 17.0. The van der Waals surface area contributed by atoms with Crippen molar-refractivity contribution in [1.29, 1.82) is 5.41 Å². The highest BCUT2D eigenvalue weighted by Crippen LogP contribution is 2.27. The average molecular weight is 350 g/mol. The minimum atomic E-state index is -1.17. The quantitative estimate of drug-likeness (QED) is 0.552. The summed E-state index contributed by atoms with van der Waals surface area (Å²) in [4.78, 5) is 1.04. The van der Waals surface area contributed by atoms with E-state index >= 15 is 0 Å². The Morgan fingerprint density at radius 1 is 1.35 bits per heavy atom. The normalized spacial score (nSPS) is 14.4. The van der Waals surface area contributed by atoms with Gasteiger partial charge in [-0.25, -0.2) is 8.93 Å². The molecule has 124 valence electrons. The minimum Gasteiger partial charge on any atom is -0.384 e. The van der Waals surface area contributed by atoms with Crippen LogP contribution in [-0.4, -0.2) is 14.8 Å². The van der Waals surface area contributed by atoms with Crippen molar-refractivity contribution in [2.24, 2.45) is 5.73 Å². The first-order valence-electron chi connectivity index (χ1n) is 7.42. The Hall–Kier alpha value is -1.50. The molecule has 1 heterocycles. The molecule has 2 rings (SSSR count). The molecule has 4 nitrogen and oxygen atoms in total. The van der Waals surface area contributed by atoms with E-state index in [4.69, 9.17) is 11.1 Å². The number of hydrogen-bond acceptors (Lipinski definition) is 3. The first kappa shape index (κ1) is 17.8. The third-order valence-corrected chi connectivity index (χ3v) is 6.02. The molecule has 0 radical (unpaired) electrons. The zero-order valence-electron chi connectivity index (χ0n) is 13.6. The molecule has 6 heteroatoms. The molecule has 2 aromatic rings. The van der Waals surface area contributed by atoms with Crippen molar-refractivity contribution in [3.63, 3.8) is 0 Å². The van der Waals surface area contributed by atoms with Crippen LogP contribution in [0.25, 0.3) is 0 Å². The Labute approximate surface area is 144 Å². The summed E-state index contributed by atoms with van der Waals surface area (Å²) in [5.74, 6) is 0.0582. The van der Waals surface area contributed by atoms with E-state index in [1.54, 1.807) is 11.3 Å². The van der Waals surface area contributed by atoms with Crippen molar-refractivity contribution in [2.45, 2.75) is 38.0 Å². The number of nitrogens with two attached hydrogens (primary N) is 1. The fourth-order valence-corrected chi connectivity index (χ4v) is 3.89. The lowest BCUT2D eigenvalue weighted by Crippen LogP contribution is -2.36. The Morgan fingerprint density at radius 2 is 2.00 bits per heavy atom. The topological polar surface area (TPSA) is 79.0 Å². The van der Waals surface area contributed by atoms with Gasteiger partial charge in [-0.15, -0.1) is 11.3 Å². The SMILES string of the molecule is CC(C)(C)S(=O)N[C@H](Cc1ccccc1)c1cc(C(=N)N)cs1. The molecule has 0 bridgehead atoms. The van der Waals surface area contributed by atoms with Crippen molar-refractivity contribution in [3.05, 3.63) is 57.8 Å². The van der Waals surface area contributed by atoms with E-state index < -0.39 is 11.0 Å². The second kappa shape index (κ2) is 7.38. The van der Waals surface area contributed by atoms with Crippen LogP contribution >= 0.6 is 11.3 Å². The molecule has 23 heavy (non-hydrogen) atoms. The number of amidine groups is 1. The maximum Gasteiger partial charge on any atom is 0.123 e. The molecule has 4 N–H and O–H groups in total. The van der Waals surface area contributed by atoms with E-state index in [1.807, 2.05) is 50.4 Å². The monoisotopic (exact) mass is 349 g/mol. The van der Waals surface area contributed by atoms with Crippen LogP contribution in [0.4, 0.5) is 0 Å². The number of rotatable bonds is 6. The summed E-state index contributed by atoms with van der Waals surface area (Å²) in [7, 11) is -1.17. The zero-order valence-corrected chi connectivity index (χ0v) is 15.3. The van der Waals surface area contributed by atoms with Crippen molar-refractivity contribution in [1.82, 2.24) is 4.72 Å². The van der Waals surface area contributed by atoms with E-state index in [0.717, 1.165) is 11.3 Å². The van der Waals surface area contributed by atoms with Crippen molar-refractivity contribution >= 4 is 28.2 Å². The van der Waals surface area contributed by atoms with Gasteiger partial charge in [0.15, 0.2) is 0 Å². The molecule has 0 amide bonds. The molecular weight excluding hydrogens is 326 g/mol. The van der Waals surface area contributed by atoms with Crippen LogP contribution < -0.4 is 10.5 Å². The summed E-state index contributed by atoms with van der Waals surface area (Å²) in [5.41, 5.74) is 7.45. The van der Waals surface area contributed by atoms with Gasteiger partial charge < -0.3 is 5.73 Å². The molecule has 0 aliphatic rings. The fourth-order valence-electron chi connectivity index (χ4n) is 2.03. The van der Waals surface area contributed by atoms with Crippen molar-refractivity contribution in [3.8, 4) is 0 Å². The summed E-state index contributed by atoms with van der Waals surface area (Å²) < 4.78 is 15.4. The largest absolute Gasteiger partial charge is 0.384 e. The van der Waals surface area contributed by atoms with Crippen molar-refractivity contribution < 1.29 is 4.21 Å². The van der Waals surface area contributed by atoms with Crippen LogP contribution in [0.2, 0.25) is 0 Å². The third kappa shape index (κ3) is 4.99. The first-order valence-corrected chi connectivity index (χ1v) is 9.45. The molecule has 2 atom stereocenters. The molecule has 1 aromatic heterocycles. The van der Waals surface area contributed by atoms with Gasteiger partial charge >= 0.3 is 0 Å². The highest BCUT2D eigenvalue weighted by molar-refractivity contribution is 7.84. The summed E-state index contributed by atoms with van der Waals surface area (Å²) in [6.45, 7) is 5.85. The van der Waals surface area contributed by atoms with Gasteiger partial charge in [0.1, 0.15) is 5.84 Å². The predicted octanol–water partition coefficient (Wildman–Crippen LogP) is 3.37. The predicted molar refractivity (Wildman–Crippen MR) is 99.3 cm³/mol. The lowest BCUT2D eigenvalue weighted by atomic mass is 10.1. The second-order valence-electron chi connectivity index (χ2n) is 6.39. The number of nitrogens with one attached hydrogen (secondary N) is 2. The third-order valence-electron chi connectivity index (χ3n) is 3.36. The van der Waals surface area contributed by atoms with Crippen LogP contribution in [-0.2, 0) is 17.4 Å². The lowest BCUT2D eigenvalue weighted by Gasteiger charge is -2.24. The lowest BCUT2D eigenvalue weighted by molar-refractivity contribution is 0.601. The Bertz CT molecular complexity index is 689. The Morgan fingerprint density at radius 3 is 2.52 bits per heavy atom. The van der Waals surface area contributed by atoms with Gasteiger partial charge in [0, 0.05) is 15.8 Å². The van der Waals surface area contributed by atoms with Gasteiger partial charge in [0.05, 0.1) is 21.8 Å². The van der Waals surface area contributed by atoms with Crippen LogP contribution in [0, 0.1) is 5.41 Å². The van der Waals surface area contributed by atoms with Gasteiger partial charge in [0.25, 0.3) is 0 Å². The van der Waals surface area contributed by atoms with Crippen LogP contribution in [0.1, 0.15) is 42.8 Å². The standard InChI is InChI=1S/C17H23N3OS2/c1-17(2,3)23(21)20-14(9-12-7-5-4-6-8-12)15-10-13(11-22-15)16(18)19/h4-8,10-11,14,20H,9H2,1-3H3,(H3,18,19)/t14-,23?/m1/s1. The minimum absolute atomic E-state index is 0.0582. The molecular formula is C17H23N3OS2. The van der Waals surface area contributed by atoms with E-state index in [9.17, 15) is 4.21 Å². The molecule has 0 fully saturated rings. The summed E-state index contributed by atoms with van der Waals surface area (Å²) in [6, 6.07) is 12.0. The molecule has 1 unspecified atom stereocenters. The number of benzene rings is 1. The molecule has 0 aliphatic carbocycles. The van der Waals surface area contributed by atoms with E-state index in [0.29, 0.717) is 5.56 Å². The summed E-state index contributed by atoms with van der Waals surface area (Å²) in [6.07, 6.45) is 0.737. The number of thiophene rings is 1. The van der Waals surface area contributed by atoms with Crippen LogP contribution in [0.5, 0.6) is 0 Å². The van der Waals surface area contributed by atoms with Gasteiger partial charge in [-0.1, -0.05) is 30.3 Å². The van der Waals surface area contributed by atoms with Crippen LogP contribution in [0.3, 0.4) is 0 Å². The number of hydrogen-bond donors (Lipinski definition) is 3. The Kier molecular flexibility index (Phi) is 5.73. The first-order chi connectivity index (χ1) is 10.8. The van der Waals surface area contributed by atoms with Gasteiger partial charge in [0.2, 0.25) is 0 Å². The highest BCUT2D eigenvalue weighted by Gasteiger charge is 2.25. The molecule has 0 aliphatic heterocycles. The second-order valence-corrected chi connectivity index (χ2v) is 9.33. The van der Waals surface area contributed by atoms with Gasteiger partial charge in [-0.3, -0.25) is 5.41 Å². The van der Waals surface area contributed by atoms with Crippen LogP contribution in [0.15, 0.2) is 41.8 Å². The fraction of sp³-hybridized carbons (Fsp3) is 0.353. The van der Waals surface area contributed by atoms with Gasteiger partial charge in [-0.05, 0) is 38.8 Å². The number of nitrogen functional groups attached to an aromatic ring is 1. The maximum absolute atomic E-state index is 12.5. The van der Waals surface area contributed by atoms with Crippen molar-refractivity contribution in [2.75, 3.05) is 0 Å². The van der Waals surface area contributed by atoms with E-state index in [2.05, 4.69) is 16.9 Å². The Balaban J connectivity index is 2.26. The summed E-state index contributed by atoms with van der Waals surface area (Å²) >= 11 is 1.54.